The van der Waals surface area contributed by atoms with Crippen molar-refractivity contribution in [1.29, 1.82) is 0 Å². The van der Waals surface area contributed by atoms with E-state index >= 15 is 4.39 Å². The van der Waals surface area contributed by atoms with Crippen LogP contribution in [-0.4, -0.2) is 63.5 Å². The fourth-order valence-corrected chi connectivity index (χ4v) is 5.77. The molecule has 0 spiro atoms. The van der Waals surface area contributed by atoms with Gasteiger partial charge in [-0.1, -0.05) is 0 Å². The molecule has 178 valence electrons. The number of nitrogens with one attached hydrogen (secondary N) is 1. The Morgan fingerprint density at radius 3 is 2.35 bits per heavy atom. The first-order valence-electron chi connectivity index (χ1n) is 7.65. The van der Waals surface area contributed by atoms with E-state index in [1.807, 2.05) is 0 Å². The molecule has 7 N–H and O–H groups in total. The predicted molar refractivity (Wildman–Crippen MR) is 96.3 cm³/mol. The predicted octanol–water partition coefficient (Wildman–Crippen LogP) is -0.444. The van der Waals surface area contributed by atoms with Gasteiger partial charge in [0.25, 0.3) is 11.4 Å². The summed E-state index contributed by atoms with van der Waals surface area (Å²) in [6, 6.07) is 0.936. The van der Waals surface area contributed by atoms with Gasteiger partial charge in [-0.3, -0.25) is 18.9 Å². The Morgan fingerprint density at radius 1 is 1.26 bits per heavy atom. The van der Waals surface area contributed by atoms with Crippen molar-refractivity contribution in [2.24, 2.45) is 0 Å². The molecule has 3 unspecified atom stereocenters. The van der Waals surface area contributed by atoms with Crippen molar-refractivity contribution in [3.8, 4) is 0 Å². The van der Waals surface area contributed by atoms with E-state index in [4.69, 9.17) is 31.6 Å². The highest BCUT2D eigenvalue weighted by Gasteiger charge is 2.63. The number of ether oxygens (including phenoxy) is 1. The molecule has 1 fully saturated rings. The minimum absolute atomic E-state index is 0.345. The number of nitrogens with zero attached hydrogens (tertiary/aromatic N) is 1. The standard InChI is InChI=1S/C10H16FN2O14P3S/c1-9(16)6(15)10(11,25-7(9)13-3-2-5(14)12-8(13)31)4-24-29(20,21)27-30(22,23)26-28(17,18)19/h2-3,6-7,15-16H,4H2,1H3,(H,20,21)(H,22,23)(H,12,14,31)(H2,17,18,19)/t6?,7-,9-,10-/m1/s1. The Morgan fingerprint density at radius 2 is 1.84 bits per heavy atom. The van der Waals surface area contributed by atoms with Gasteiger partial charge in [0.2, 0.25) is 0 Å². The first-order valence-corrected chi connectivity index (χ1v) is 12.6. The van der Waals surface area contributed by atoms with Gasteiger partial charge in [-0.2, -0.15) is 8.62 Å². The summed E-state index contributed by atoms with van der Waals surface area (Å²) < 4.78 is 65.2. The minimum atomic E-state index is -5.86. The van der Waals surface area contributed by atoms with E-state index in [0.29, 0.717) is 0 Å². The van der Waals surface area contributed by atoms with Crippen LogP contribution in [0, 0.1) is 4.77 Å². The number of aromatic nitrogens is 2. The Kier molecular flexibility index (Phi) is 7.36. The van der Waals surface area contributed by atoms with Gasteiger partial charge in [0.1, 0.15) is 18.3 Å². The van der Waals surface area contributed by atoms with Crippen LogP contribution in [0.1, 0.15) is 13.2 Å². The van der Waals surface area contributed by atoms with Gasteiger partial charge in [-0.05, 0) is 19.1 Å². The lowest BCUT2D eigenvalue weighted by atomic mass is 9.95. The van der Waals surface area contributed by atoms with E-state index in [-0.39, 0.29) is 4.77 Å². The molecule has 1 aromatic rings. The van der Waals surface area contributed by atoms with Crippen molar-refractivity contribution < 1.29 is 65.8 Å². The Hall–Kier alpha value is -0.680. The lowest BCUT2D eigenvalue weighted by Gasteiger charge is -2.28. The number of phosphoric ester groups is 1. The lowest BCUT2D eigenvalue weighted by Crippen LogP contribution is -2.49. The number of phosphoric acid groups is 3. The van der Waals surface area contributed by atoms with Crippen molar-refractivity contribution in [2.75, 3.05) is 6.61 Å². The molecular weight excluding hydrogens is 516 g/mol. The maximum absolute atomic E-state index is 15.1. The van der Waals surface area contributed by atoms with Gasteiger partial charge < -0.3 is 34.5 Å². The third kappa shape index (κ3) is 6.43. The number of hydrogen-bond acceptors (Lipinski definition) is 11. The lowest BCUT2D eigenvalue weighted by molar-refractivity contribution is -0.204. The van der Waals surface area contributed by atoms with Crippen LogP contribution in [0.25, 0.3) is 0 Å². The van der Waals surface area contributed by atoms with E-state index in [2.05, 4.69) is 18.1 Å². The molecule has 1 aliphatic rings. The van der Waals surface area contributed by atoms with Gasteiger partial charge in [0.15, 0.2) is 11.0 Å². The van der Waals surface area contributed by atoms with Crippen molar-refractivity contribution in [2.45, 2.75) is 30.7 Å². The van der Waals surface area contributed by atoms with Gasteiger partial charge in [0, 0.05) is 12.3 Å². The summed E-state index contributed by atoms with van der Waals surface area (Å²) in [6.45, 7) is -0.789. The largest absolute Gasteiger partial charge is 0.490 e. The smallest absolute Gasteiger partial charge is 0.384 e. The number of aliphatic hydroxyl groups is 2. The maximum Gasteiger partial charge on any atom is 0.490 e. The van der Waals surface area contributed by atoms with Crippen LogP contribution in [0.4, 0.5) is 4.39 Å². The second kappa shape index (κ2) is 8.59. The van der Waals surface area contributed by atoms with Crippen LogP contribution in [-0.2, 0) is 31.6 Å². The molecule has 21 heteroatoms. The van der Waals surface area contributed by atoms with Crippen LogP contribution >= 0.6 is 35.7 Å². The van der Waals surface area contributed by atoms with Gasteiger partial charge >= 0.3 is 23.5 Å². The second-order valence-corrected chi connectivity index (χ2v) is 11.1. The number of aromatic amines is 1. The first kappa shape index (κ1) is 26.6. The molecule has 6 atom stereocenters. The molecule has 0 saturated carbocycles. The zero-order valence-electron chi connectivity index (χ0n) is 15.0. The Labute approximate surface area is 176 Å². The van der Waals surface area contributed by atoms with Crippen LogP contribution in [0.2, 0.25) is 0 Å². The molecule has 1 aliphatic heterocycles. The first-order chi connectivity index (χ1) is 13.8. The van der Waals surface area contributed by atoms with Crippen molar-refractivity contribution >= 4 is 35.7 Å². The summed E-state index contributed by atoms with van der Waals surface area (Å²) in [5, 5.41) is 20.6. The zero-order valence-corrected chi connectivity index (χ0v) is 18.5. The van der Waals surface area contributed by atoms with Gasteiger partial charge in [0.05, 0.1) is 0 Å². The Bertz CT molecular complexity index is 1100. The molecule has 0 amide bonds. The van der Waals surface area contributed by atoms with Crippen LogP contribution < -0.4 is 5.56 Å². The monoisotopic (exact) mass is 532 g/mol. The summed E-state index contributed by atoms with van der Waals surface area (Å²) in [5.74, 6) is -3.44. The SMILES string of the molecule is C[C@@]1(O)C(O)[C@@](F)(COP(=O)(O)OP(=O)(O)OP(=O)(O)O)O[C@H]1n1ccc(=O)[nH]c1=S. The van der Waals surface area contributed by atoms with E-state index in [1.54, 1.807) is 0 Å². The summed E-state index contributed by atoms with van der Waals surface area (Å²) in [5.41, 5.74) is -3.09. The van der Waals surface area contributed by atoms with Crippen molar-refractivity contribution in [3.63, 3.8) is 0 Å². The second-order valence-electron chi connectivity index (χ2n) is 6.27. The highest BCUT2D eigenvalue weighted by molar-refractivity contribution is 7.71. The molecule has 0 aliphatic carbocycles. The molecule has 2 heterocycles. The van der Waals surface area contributed by atoms with E-state index in [9.17, 15) is 33.6 Å². The third-order valence-corrected chi connectivity index (χ3v) is 7.81. The number of H-pyrrole nitrogens is 1. The molecule has 16 nitrogen and oxygen atoms in total. The van der Waals surface area contributed by atoms with Crippen LogP contribution in [0.5, 0.6) is 0 Å². The summed E-state index contributed by atoms with van der Waals surface area (Å²) >= 11 is 4.86. The maximum atomic E-state index is 15.1. The van der Waals surface area contributed by atoms with Crippen molar-refractivity contribution in [1.82, 2.24) is 9.55 Å². The molecule has 31 heavy (non-hydrogen) atoms. The molecule has 0 radical (unpaired) electrons. The highest BCUT2D eigenvalue weighted by Crippen LogP contribution is 2.66. The molecule has 1 aromatic heterocycles. The normalized spacial score (nSPS) is 33.0. The number of rotatable bonds is 8. The molecule has 0 aromatic carbocycles. The molecule has 2 rings (SSSR count). The van der Waals surface area contributed by atoms with Gasteiger partial charge in [-0.15, -0.1) is 0 Å². The van der Waals surface area contributed by atoms with E-state index < -0.39 is 59.4 Å². The molecular formula is C10H16FN2O14P3S. The number of halogens is 1. The quantitative estimate of drug-likeness (QED) is 0.166. The molecule has 1 saturated heterocycles. The molecule has 0 bridgehead atoms. The van der Waals surface area contributed by atoms with Crippen LogP contribution in [0.15, 0.2) is 17.1 Å². The summed E-state index contributed by atoms with van der Waals surface area (Å²) in [4.78, 5) is 48.8. The zero-order chi connectivity index (χ0) is 24.0. The topological polar surface area (TPSA) is 247 Å². The van der Waals surface area contributed by atoms with Gasteiger partial charge in [-0.25, -0.2) is 18.1 Å². The minimum Gasteiger partial charge on any atom is -0.384 e. The van der Waals surface area contributed by atoms with Crippen molar-refractivity contribution in [3.05, 3.63) is 27.4 Å². The fourth-order valence-electron chi connectivity index (χ4n) is 2.48. The third-order valence-electron chi connectivity index (χ3n) is 3.71. The summed E-state index contributed by atoms with van der Waals surface area (Å²) in [7, 11) is -17.2. The number of aliphatic hydroxyl groups excluding tert-OH is 1. The average Bonchev–Trinajstić information content (AvgIpc) is 2.71. The van der Waals surface area contributed by atoms with Crippen LogP contribution in [0.3, 0.4) is 0 Å². The Balaban J connectivity index is 2.22. The fraction of sp³-hybridized carbons (Fsp3) is 0.600. The summed E-state index contributed by atoms with van der Waals surface area (Å²) in [6.07, 6.45) is -3.26. The number of alkyl halides is 1. The highest BCUT2D eigenvalue weighted by atomic mass is 32.1. The average molecular weight is 532 g/mol. The number of hydrogen-bond donors (Lipinski definition) is 7. The van der Waals surface area contributed by atoms with E-state index in [0.717, 1.165) is 23.8 Å². The van der Waals surface area contributed by atoms with E-state index in [1.165, 1.54) is 0 Å².